The van der Waals surface area contributed by atoms with Gasteiger partial charge in [0.15, 0.2) is 0 Å². The van der Waals surface area contributed by atoms with Gasteiger partial charge in [-0.1, -0.05) is 36.4 Å². The Labute approximate surface area is 182 Å². The summed E-state index contributed by atoms with van der Waals surface area (Å²) in [5.41, 5.74) is 9.27. The molecule has 0 radical (unpaired) electrons. The molecule has 3 aliphatic rings. The number of fused-ring (bicyclic) bond motifs is 2. The van der Waals surface area contributed by atoms with E-state index < -0.39 is 0 Å². The SMILES string of the molecule is O=C1Cc2cc3c(cc2CC(Cc2ccccc2)O1)C(c1ccnc(C2CC2)c1)=NC3. The van der Waals surface area contributed by atoms with Crippen LogP contribution in [0.1, 0.15) is 57.8 Å². The van der Waals surface area contributed by atoms with Crippen molar-refractivity contribution in [3.63, 3.8) is 0 Å². The molecule has 6 rings (SSSR count). The summed E-state index contributed by atoms with van der Waals surface area (Å²) < 4.78 is 5.81. The summed E-state index contributed by atoms with van der Waals surface area (Å²) in [6.45, 7) is 0.668. The molecule has 154 valence electrons. The first-order chi connectivity index (χ1) is 15.2. The van der Waals surface area contributed by atoms with Gasteiger partial charge in [-0.25, -0.2) is 0 Å². The van der Waals surface area contributed by atoms with Crippen molar-refractivity contribution in [2.75, 3.05) is 0 Å². The highest BCUT2D eigenvalue weighted by atomic mass is 16.5. The highest BCUT2D eigenvalue weighted by Crippen LogP contribution is 2.39. The standard InChI is InChI=1S/C27H24N2O2/c30-26-15-20-11-22-16-29-27(19-8-9-28-25(14-19)18-6-7-18)24(22)13-21(20)12-23(31-26)10-17-4-2-1-3-5-17/h1-5,8-9,11,13-14,18,23H,6-7,10,12,15-16H2. The Morgan fingerprint density at radius 2 is 1.84 bits per heavy atom. The van der Waals surface area contributed by atoms with Crippen LogP contribution < -0.4 is 0 Å². The van der Waals surface area contributed by atoms with E-state index in [1.165, 1.54) is 40.8 Å². The summed E-state index contributed by atoms with van der Waals surface area (Å²) in [6, 6.07) is 19.0. The van der Waals surface area contributed by atoms with Gasteiger partial charge in [-0.3, -0.25) is 14.8 Å². The zero-order valence-corrected chi connectivity index (χ0v) is 17.4. The van der Waals surface area contributed by atoms with Crippen LogP contribution >= 0.6 is 0 Å². The molecule has 1 fully saturated rings. The third-order valence-electron chi connectivity index (χ3n) is 6.52. The number of rotatable bonds is 4. The molecule has 1 aliphatic carbocycles. The molecule has 1 unspecified atom stereocenters. The highest BCUT2D eigenvalue weighted by molar-refractivity contribution is 6.15. The first kappa shape index (κ1) is 18.5. The number of carbonyl (C=O) groups is 1. The predicted molar refractivity (Wildman–Crippen MR) is 119 cm³/mol. The summed E-state index contributed by atoms with van der Waals surface area (Å²) in [7, 11) is 0. The van der Waals surface area contributed by atoms with Crippen LogP contribution in [0.25, 0.3) is 0 Å². The number of ether oxygens (including phenoxy) is 1. The van der Waals surface area contributed by atoms with Crippen molar-refractivity contribution >= 4 is 11.7 Å². The lowest BCUT2D eigenvalue weighted by Crippen LogP contribution is -2.21. The van der Waals surface area contributed by atoms with E-state index in [1.54, 1.807) is 0 Å². The van der Waals surface area contributed by atoms with Gasteiger partial charge in [-0.15, -0.1) is 0 Å². The Balaban J connectivity index is 1.33. The Kier molecular flexibility index (Phi) is 4.45. The van der Waals surface area contributed by atoms with E-state index in [1.807, 2.05) is 24.4 Å². The lowest BCUT2D eigenvalue weighted by atomic mass is 9.91. The number of cyclic esters (lactones) is 1. The molecule has 4 heteroatoms. The van der Waals surface area contributed by atoms with Crippen LogP contribution in [0.5, 0.6) is 0 Å². The van der Waals surface area contributed by atoms with Crippen molar-refractivity contribution < 1.29 is 9.53 Å². The molecular weight excluding hydrogens is 384 g/mol. The predicted octanol–water partition coefficient (Wildman–Crippen LogP) is 4.56. The van der Waals surface area contributed by atoms with E-state index in [4.69, 9.17) is 9.73 Å². The summed E-state index contributed by atoms with van der Waals surface area (Å²) in [5.74, 6) is 0.484. The molecule has 0 spiro atoms. The zero-order valence-electron chi connectivity index (χ0n) is 17.4. The van der Waals surface area contributed by atoms with Crippen LogP contribution in [-0.2, 0) is 35.3 Å². The molecule has 0 bridgehead atoms. The van der Waals surface area contributed by atoms with E-state index >= 15 is 0 Å². The molecule has 3 aromatic rings. The Bertz CT molecular complexity index is 1200. The number of hydrogen-bond acceptors (Lipinski definition) is 4. The van der Waals surface area contributed by atoms with Gasteiger partial charge < -0.3 is 4.74 Å². The number of esters is 1. The molecule has 1 atom stereocenters. The second kappa shape index (κ2) is 7.45. The molecule has 3 heterocycles. The molecule has 2 aliphatic heterocycles. The summed E-state index contributed by atoms with van der Waals surface area (Å²) in [5, 5.41) is 0. The fraction of sp³-hybridized carbons (Fsp3) is 0.296. The summed E-state index contributed by atoms with van der Waals surface area (Å²) >= 11 is 0. The van der Waals surface area contributed by atoms with Crippen LogP contribution in [0.3, 0.4) is 0 Å². The lowest BCUT2D eigenvalue weighted by molar-refractivity contribution is -0.147. The van der Waals surface area contributed by atoms with Crippen LogP contribution in [0.15, 0.2) is 65.8 Å². The fourth-order valence-electron chi connectivity index (χ4n) is 4.80. The Hall–Kier alpha value is -3.27. The average molecular weight is 409 g/mol. The molecule has 2 aromatic carbocycles. The number of benzene rings is 2. The van der Waals surface area contributed by atoms with Crippen molar-refractivity contribution in [3.05, 3.63) is 99.9 Å². The number of nitrogens with zero attached hydrogens (tertiary/aromatic N) is 2. The maximum Gasteiger partial charge on any atom is 0.310 e. The van der Waals surface area contributed by atoms with E-state index in [9.17, 15) is 4.79 Å². The van der Waals surface area contributed by atoms with Crippen LogP contribution in [-0.4, -0.2) is 22.8 Å². The Morgan fingerprint density at radius 1 is 0.968 bits per heavy atom. The molecule has 1 aromatic heterocycles. The van der Waals surface area contributed by atoms with Crippen molar-refractivity contribution in [2.24, 2.45) is 4.99 Å². The van der Waals surface area contributed by atoms with Gasteiger partial charge in [-0.05, 0) is 53.3 Å². The number of pyridine rings is 1. The molecule has 4 nitrogen and oxygen atoms in total. The van der Waals surface area contributed by atoms with Crippen molar-refractivity contribution in [2.45, 2.75) is 50.7 Å². The smallest absolute Gasteiger partial charge is 0.310 e. The first-order valence-corrected chi connectivity index (χ1v) is 11.1. The van der Waals surface area contributed by atoms with E-state index in [0.717, 1.165) is 29.7 Å². The van der Waals surface area contributed by atoms with Crippen LogP contribution in [0, 0.1) is 0 Å². The van der Waals surface area contributed by atoms with Crippen molar-refractivity contribution in [1.82, 2.24) is 4.98 Å². The molecule has 31 heavy (non-hydrogen) atoms. The van der Waals surface area contributed by atoms with E-state index in [2.05, 4.69) is 41.4 Å². The van der Waals surface area contributed by atoms with Gasteiger partial charge in [0.2, 0.25) is 0 Å². The van der Waals surface area contributed by atoms with Gasteiger partial charge in [0, 0.05) is 41.8 Å². The summed E-state index contributed by atoms with van der Waals surface area (Å²) in [6.07, 6.45) is 6.06. The molecule has 0 amide bonds. The van der Waals surface area contributed by atoms with Crippen LogP contribution in [0.2, 0.25) is 0 Å². The number of aliphatic imine (C=N–C) groups is 1. The number of aromatic nitrogens is 1. The maximum absolute atomic E-state index is 12.5. The van der Waals surface area contributed by atoms with Gasteiger partial charge in [0.25, 0.3) is 0 Å². The van der Waals surface area contributed by atoms with Crippen molar-refractivity contribution in [3.8, 4) is 0 Å². The third kappa shape index (κ3) is 3.67. The molecule has 1 saturated carbocycles. The topological polar surface area (TPSA) is 51.5 Å². The second-order valence-electron chi connectivity index (χ2n) is 8.87. The fourth-order valence-corrected chi connectivity index (χ4v) is 4.80. The normalized spacial score (nSPS) is 19.8. The minimum Gasteiger partial charge on any atom is -0.461 e. The van der Waals surface area contributed by atoms with E-state index in [-0.39, 0.29) is 12.1 Å². The minimum atomic E-state index is -0.140. The first-order valence-electron chi connectivity index (χ1n) is 11.1. The van der Waals surface area contributed by atoms with Crippen molar-refractivity contribution in [1.29, 1.82) is 0 Å². The molecule has 0 saturated heterocycles. The van der Waals surface area contributed by atoms with Crippen LogP contribution in [0.4, 0.5) is 0 Å². The Morgan fingerprint density at radius 3 is 2.68 bits per heavy atom. The quantitative estimate of drug-likeness (QED) is 0.595. The minimum absolute atomic E-state index is 0.137. The van der Waals surface area contributed by atoms with Gasteiger partial charge >= 0.3 is 5.97 Å². The number of carbonyl (C=O) groups excluding carboxylic acids is 1. The maximum atomic E-state index is 12.5. The van der Waals surface area contributed by atoms with Gasteiger partial charge in [-0.2, -0.15) is 0 Å². The largest absolute Gasteiger partial charge is 0.461 e. The molecule has 0 N–H and O–H groups in total. The lowest BCUT2D eigenvalue weighted by Gasteiger charge is -2.16. The highest BCUT2D eigenvalue weighted by Gasteiger charge is 2.28. The zero-order chi connectivity index (χ0) is 20.8. The van der Waals surface area contributed by atoms with Gasteiger partial charge in [0.05, 0.1) is 18.7 Å². The third-order valence-corrected chi connectivity index (χ3v) is 6.52. The monoisotopic (exact) mass is 408 g/mol. The van der Waals surface area contributed by atoms with Gasteiger partial charge in [0.1, 0.15) is 6.10 Å². The van der Waals surface area contributed by atoms with E-state index in [0.29, 0.717) is 18.9 Å². The second-order valence-corrected chi connectivity index (χ2v) is 8.87. The average Bonchev–Trinajstić information content (AvgIpc) is 3.57. The number of hydrogen-bond donors (Lipinski definition) is 0. The summed E-state index contributed by atoms with van der Waals surface area (Å²) in [4.78, 5) is 21.9. The molecular formula is C27H24N2O2.